The first-order valence-electron chi connectivity index (χ1n) is 41.6. The van der Waals surface area contributed by atoms with Crippen LogP contribution in [-0.2, 0) is 32.7 Å². The number of carbonyl (C=O) groups excluding carboxylic acids is 2. The van der Waals surface area contributed by atoms with Crippen molar-refractivity contribution in [3.8, 4) is 0 Å². The second-order valence-corrected chi connectivity index (χ2v) is 30.6. The largest absolute Gasteiger partial charge is 0.472 e. The van der Waals surface area contributed by atoms with Gasteiger partial charge in [0.25, 0.3) is 0 Å². The number of rotatable bonds is 77. The topological polar surface area (TPSA) is 108 Å². The summed E-state index contributed by atoms with van der Waals surface area (Å²) in [7, 11) is 1.48. The third-order valence-electron chi connectivity index (χ3n) is 18.3. The van der Waals surface area contributed by atoms with Gasteiger partial charge in [0.05, 0.1) is 27.7 Å². The standard InChI is InChI=1S/C88H158NO8P/c1-6-8-10-12-14-16-18-20-22-24-26-28-30-32-34-36-38-40-42-43-44-45-47-48-50-52-54-56-58-60-62-64-66-68-70-72-74-76-78-80-87(90)94-84-86(85-96-98(92,93)95-83-82-89(3,4)5)97-88(91)81-79-77-75-73-71-69-67-65-63-61-59-57-55-53-51-49-46-41-39-37-35-33-31-29-27-25-23-21-19-17-15-13-11-9-7-2/h9,11,15,17,21,23-24,26-27,29,33,35,39,41,49,51,55,57,86H,6-8,10,12-14,16,18-20,22,25,28,30-32,34,36-38,40,42-48,50,52-54,56,58-85H2,1-5H3/p+1/b11-9-,17-15-,23-21-,26-24-,29-27-,35-33-,41-39-,51-49-,57-55-. The minimum Gasteiger partial charge on any atom is -0.462 e. The number of allylic oxidation sites excluding steroid dienone is 18. The number of ether oxygens (including phenoxy) is 2. The molecule has 2 atom stereocenters. The van der Waals surface area contributed by atoms with Crippen molar-refractivity contribution in [2.45, 2.75) is 392 Å². The van der Waals surface area contributed by atoms with E-state index < -0.39 is 26.5 Å². The molecule has 0 aromatic rings. The van der Waals surface area contributed by atoms with E-state index in [-0.39, 0.29) is 32.0 Å². The van der Waals surface area contributed by atoms with Crippen molar-refractivity contribution in [2.75, 3.05) is 47.5 Å². The summed E-state index contributed by atoms with van der Waals surface area (Å²) in [6.45, 7) is 4.36. The van der Waals surface area contributed by atoms with Gasteiger partial charge in [0.1, 0.15) is 19.8 Å². The summed E-state index contributed by atoms with van der Waals surface area (Å²) in [6, 6.07) is 0. The van der Waals surface area contributed by atoms with Crippen LogP contribution >= 0.6 is 7.82 Å². The normalized spacial score (nSPS) is 13.6. The van der Waals surface area contributed by atoms with Crippen LogP contribution in [0.25, 0.3) is 0 Å². The van der Waals surface area contributed by atoms with E-state index in [0.29, 0.717) is 17.4 Å². The molecule has 0 amide bonds. The highest BCUT2D eigenvalue weighted by Crippen LogP contribution is 2.43. The molecule has 0 heterocycles. The number of carbonyl (C=O) groups is 2. The molecule has 0 radical (unpaired) electrons. The Morgan fingerprint density at radius 1 is 0.327 bits per heavy atom. The molecule has 0 saturated carbocycles. The van der Waals surface area contributed by atoms with E-state index in [1.54, 1.807) is 0 Å². The minimum absolute atomic E-state index is 0.0283. The summed E-state index contributed by atoms with van der Waals surface area (Å²) in [5.41, 5.74) is 0. The number of hydrogen-bond donors (Lipinski definition) is 1. The van der Waals surface area contributed by atoms with Gasteiger partial charge in [0, 0.05) is 12.8 Å². The fraction of sp³-hybridized carbons (Fsp3) is 0.773. The van der Waals surface area contributed by atoms with Gasteiger partial charge in [-0.2, -0.15) is 0 Å². The van der Waals surface area contributed by atoms with Crippen molar-refractivity contribution in [1.82, 2.24) is 0 Å². The van der Waals surface area contributed by atoms with Crippen molar-refractivity contribution in [3.05, 3.63) is 109 Å². The Morgan fingerprint density at radius 2 is 0.582 bits per heavy atom. The zero-order chi connectivity index (χ0) is 71.1. The van der Waals surface area contributed by atoms with Crippen LogP contribution in [0.5, 0.6) is 0 Å². The number of phosphoric acid groups is 1. The van der Waals surface area contributed by atoms with Crippen LogP contribution < -0.4 is 0 Å². The molecule has 0 aliphatic heterocycles. The SMILES string of the molecule is CC/C=C\C/C=C\C/C=C\C/C=C\C/C=C\C/C=C\C/C=C\C/C=C\CCCCCCCCCCCCC(=O)OC(COC(=O)CCCCCCCCCCCCCCCCCCCCCCCCCCCCC/C=C\CCCCCCCCCC)COP(=O)(O)OCC[N+](C)(C)C. The van der Waals surface area contributed by atoms with Gasteiger partial charge < -0.3 is 18.9 Å². The lowest BCUT2D eigenvalue weighted by Crippen LogP contribution is -2.37. The molecule has 0 bridgehead atoms. The Bertz CT molecular complexity index is 2030. The van der Waals surface area contributed by atoms with Crippen LogP contribution in [0, 0.1) is 0 Å². The Hall–Kier alpha value is -3.33. The van der Waals surface area contributed by atoms with Crippen LogP contribution in [0.2, 0.25) is 0 Å². The molecule has 0 aliphatic rings. The quantitative estimate of drug-likeness (QED) is 0.0211. The fourth-order valence-electron chi connectivity index (χ4n) is 12.0. The highest BCUT2D eigenvalue weighted by Gasteiger charge is 2.27. The minimum atomic E-state index is -4.40. The van der Waals surface area contributed by atoms with E-state index in [1.165, 1.54) is 257 Å². The predicted molar refractivity (Wildman–Crippen MR) is 427 cm³/mol. The lowest BCUT2D eigenvalue weighted by Gasteiger charge is -2.24. The first-order valence-corrected chi connectivity index (χ1v) is 43.1. The van der Waals surface area contributed by atoms with Gasteiger partial charge in [0.2, 0.25) is 0 Å². The Labute approximate surface area is 607 Å². The van der Waals surface area contributed by atoms with Crippen LogP contribution in [0.3, 0.4) is 0 Å². The van der Waals surface area contributed by atoms with Gasteiger partial charge in [-0.15, -0.1) is 0 Å². The van der Waals surface area contributed by atoms with Crippen molar-refractivity contribution >= 4 is 19.8 Å². The Morgan fingerprint density at radius 3 is 0.878 bits per heavy atom. The first-order chi connectivity index (χ1) is 48.0. The second-order valence-electron chi connectivity index (χ2n) is 29.1. The van der Waals surface area contributed by atoms with Crippen molar-refractivity contribution < 1.29 is 42.1 Å². The molecule has 0 aliphatic carbocycles. The van der Waals surface area contributed by atoms with Gasteiger partial charge >= 0.3 is 19.8 Å². The Balaban J connectivity index is 3.95. The smallest absolute Gasteiger partial charge is 0.462 e. The lowest BCUT2D eigenvalue weighted by atomic mass is 10.0. The molecule has 568 valence electrons. The third-order valence-corrected chi connectivity index (χ3v) is 19.3. The van der Waals surface area contributed by atoms with Crippen LogP contribution in [0.4, 0.5) is 0 Å². The lowest BCUT2D eigenvalue weighted by molar-refractivity contribution is -0.870. The van der Waals surface area contributed by atoms with Gasteiger partial charge in [-0.1, -0.05) is 380 Å². The maximum Gasteiger partial charge on any atom is 0.472 e. The van der Waals surface area contributed by atoms with Crippen molar-refractivity contribution in [3.63, 3.8) is 0 Å². The predicted octanol–water partition coefficient (Wildman–Crippen LogP) is 28.0. The van der Waals surface area contributed by atoms with Gasteiger partial charge in [-0.3, -0.25) is 18.6 Å². The zero-order valence-corrected chi connectivity index (χ0v) is 65.9. The zero-order valence-electron chi connectivity index (χ0n) is 65.0. The van der Waals surface area contributed by atoms with E-state index in [0.717, 1.165) is 96.3 Å². The molecule has 9 nitrogen and oxygen atoms in total. The summed E-state index contributed by atoms with van der Waals surface area (Å²) in [5.74, 6) is -0.791. The average Bonchev–Trinajstić information content (AvgIpc) is 1.08. The average molecular weight is 1390 g/mol. The number of unbranched alkanes of at least 4 members (excludes halogenated alkanes) is 45. The molecular formula is C88H159NO8P+. The summed E-state index contributed by atoms with van der Waals surface area (Å²) >= 11 is 0. The summed E-state index contributed by atoms with van der Waals surface area (Å²) in [5, 5.41) is 0. The molecule has 10 heteroatoms. The van der Waals surface area contributed by atoms with Gasteiger partial charge in [0.15, 0.2) is 6.10 Å². The summed E-state index contributed by atoms with van der Waals surface area (Å²) in [6.07, 6.45) is 111. The van der Waals surface area contributed by atoms with Crippen molar-refractivity contribution in [1.29, 1.82) is 0 Å². The highest BCUT2D eigenvalue weighted by atomic mass is 31.2. The number of phosphoric ester groups is 1. The number of esters is 2. The molecular weight excluding hydrogens is 1230 g/mol. The maximum absolute atomic E-state index is 12.9. The van der Waals surface area contributed by atoms with E-state index in [4.69, 9.17) is 18.5 Å². The number of likely N-dealkylation sites (N-methyl/N-ethyl adjacent to an activating group) is 1. The molecule has 2 unspecified atom stereocenters. The molecule has 0 rings (SSSR count). The molecule has 98 heavy (non-hydrogen) atoms. The van der Waals surface area contributed by atoms with Crippen molar-refractivity contribution in [2.24, 2.45) is 0 Å². The van der Waals surface area contributed by atoms with Crippen LogP contribution in [0.15, 0.2) is 109 Å². The molecule has 0 saturated heterocycles. The first kappa shape index (κ1) is 94.7. The monoisotopic (exact) mass is 1390 g/mol. The number of nitrogens with zero attached hydrogens (tertiary/aromatic N) is 1. The maximum atomic E-state index is 12.9. The second kappa shape index (κ2) is 77.8. The number of quaternary nitrogens is 1. The fourth-order valence-corrected chi connectivity index (χ4v) is 12.7. The van der Waals surface area contributed by atoms with E-state index in [2.05, 4.69) is 123 Å². The third kappa shape index (κ3) is 81.6. The Kier molecular flexibility index (Phi) is 75.2. The number of hydrogen-bond acceptors (Lipinski definition) is 7. The summed E-state index contributed by atoms with van der Waals surface area (Å²) in [4.78, 5) is 36.0. The van der Waals surface area contributed by atoms with Crippen LogP contribution in [-0.4, -0.2) is 74.9 Å². The van der Waals surface area contributed by atoms with E-state index in [1.807, 2.05) is 21.1 Å². The van der Waals surface area contributed by atoms with Crippen LogP contribution in [0.1, 0.15) is 386 Å². The van der Waals surface area contributed by atoms with E-state index >= 15 is 0 Å². The molecule has 0 fully saturated rings. The molecule has 0 aromatic heterocycles. The molecule has 0 aromatic carbocycles. The molecule has 0 spiro atoms. The van der Waals surface area contributed by atoms with E-state index in [9.17, 15) is 19.0 Å². The molecule has 1 N–H and O–H groups in total. The van der Waals surface area contributed by atoms with Gasteiger partial charge in [-0.05, 0) is 103 Å². The summed E-state index contributed by atoms with van der Waals surface area (Å²) < 4.78 is 34.8. The highest BCUT2D eigenvalue weighted by molar-refractivity contribution is 7.47. The van der Waals surface area contributed by atoms with Gasteiger partial charge in [-0.25, -0.2) is 4.57 Å².